The minimum absolute atomic E-state index is 0.264. The van der Waals surface area contributed by atoms with Gasteiger partial charge in [-0.1, -0.05) is 48.0 Å². The maximum atomic E-state index is 12.4. The fraction of sp³-hybridized carbons (Fsp3) is 0.238. The van der Waals surface area contributed by atoms with Gasteiger partial charge in [-0.3, -0.25) is 0 Å². The number of hydrogen-bond donors (Lipinski definition) is 1. The molecular formula is C21H21ClN2O2S2. The number of thiophene rings is 1. The second kappa shape index (κ2) is 7.97. The van der Waals surface area contributed by atoms with Crippen LogP contribution in [0.5, 0.6) is 0 Å². The number of likely N-dealkylation sites (N-methyl/N-ethyl adjacent to an activating group) is 1. The second-order valence-electron chi connectivity index (χ2n) is 6.98. The van der Waals surface area contributed by atoms with Crippen LogP contribution in [0, 0.1) is 0 Å². The quantitative estimate of drug-likeness (QED) is 0.639. The molecule has 0 aliphatic carbocycles. The van der Waals surface area contributed by atoms with Crippen LogP contribution in [0.15, 0.2) is 47.9 Å². The molecule has 1 N–H and O–H groups in total. The van der Waals surface area contributed by atoms with Crippen molar-refractivity contribution in [3.63, 3.8) is 0 Å². The summed E-state index contributed by atoms with van der Waals surface area (Å²) >= 11 is 8.03. The molecule has 0 unspecified atom stereocenters. The van der Waals surface area contributed by atoms with Gasteiger partial charge in [0.2, 0.25) is 10.0 Å². The summed E-state index contributed by atoms with van der Waals surface area (Å²) in [5.41, 5.74) is 3.32. The van der Waals surface area contributed by atoms with Crippen molar-refractivity contribution in [1.29, 1.82) is 0 Å². The first-order valence-electron chi connectivity index (χ1n) is 9.06. The van der Waals surface area contributed by atoms with Crippen molar-refractivity contribution in [2.75, 3.05) is 13.6 Å². The Labute approximate surface area is 174 Å². The third-order valence-corrected chi connectivity index (χ3v) is 7.66. The highest BCUT2D eigenvalue weighted by Crippen LogP contribution is 2.40. The van der Waals surface area contributed by atoms with Gasteiger partial charge in [0.25, 0.3) is 0 Å². The molecule has 4 rings (SSSR count). The van der Waals surface area contributed by atoms with Gasteiger partial charge in [-0.15, -0.1) is 11.3 Å². The highest BCUT2D eigenvalue weighted by Gasteiger charge is 2.22. The Morgan fingerprint density at radius 3 is 2.79 bits per heavy atom. The molecule has 28 heavy (non-hydrogen) atoms. The second-order valence-corrected chi connectivity index (χ2v) is 10.1. The Balaban J connectivity index is 1.61. The Hall–Kier alpha value is -1.70. The fourth-order valence-corrected chi connectivity index (χ4v) is 5.82. The molecule has 7 heteroatoms. The van der Waals surface area contributed by atoms with Crippen molar-refractivity contribution in [2.45, 2.75) is 19.5 Å². The molecule has 4 nitrogen and oxygen atoms in total. The Morgan fingerprint density at radius 2 is 2.00 bits per heavy atom. The molecule has 2 aromatic carbocycles. The first kappa shape index (κ1) is 19.6. The third kappa shape index (κ3) is 4.16. The number of nitrogens with one attached hydrogen (secondary N) is 1. The number of sulfonamides is 1. The van der Waals surface area contributed by atoms with E-state index in [9.17, 15) is 8.42 Å². The van der Waals surface area contributed by atoms with Crippen LogP contribution in [-0.4, -0.2) is 26.9 Å². The third-order valence-electron chi connectivity index (χ3n) is 4.92. The molecule has 3 aromatic rings. The predicted octanol–water partition coefficient (Wildman–Crippen LogP) is 4.63. The van der Waals surface area contributed by atoms with Gasteiger partial charge in [-0.05, 0) is 42.3 Å². The van der Waals surface area contributed by atoms with Crippen molar-refractivity contribution in [3.05, 3.63) is 74.5 Å². The molecule has 0 saturated heterocycles. The van der Waals surface area contributed by atoms with Gasteiger partial charge < -0.3 is 4.90 Å². The van der Waals surface area contributed by atoms with Crippen LogP contribution in [0.3, 0.4) is 0 Å². The number of benzene rings is 2. The standard InChI is InChI=1S/C21H21ClN2O2S2/c1-24-11-9-16-7-8-18(22)21-20(16)17(14-24)19(27-21)13-23-28(25,26)12-10-15-5-3-2-4-6-15/h2-8,10,12,23H,9,11,13-14H2,1H3. The van der Waals surface area contributed by atoms with E-state index in [2.05, 4.69) is 22.7 Å². The van der Waals surface area contributed by atoms with Gasteiger partial charge in [0.15, 0.2) is 0 Å². The molecule has 1 aliphatic rings. The van der Waals surface area contributed by atoms with E-state index in [1.807, 2.05) is 36.4 Å². The summed E-state index contributed by atoms with van der Waals surface area (Å²) in [6.45, 7) is 2.03. The normalized spacial score (nSPS) is 15.4. The highest BCUT2D eigenvalue weighted by atomic mass is 35.5. The van der Waals surface area contributed by atoms with Crippen LogP contribution in [0.2, 0.25) is 5.02 Å². The van der Waals surface area contributed by atoms with Crippen LogP contribution in [0.4, 0.5) is 0 Å². The fourth-order valence-electron chi connectivity index (χ4n) is 3.48. The van der Waals surface area contributed by atoms with Crippen molar-refractivity contribution < 1.29 is 8.42 Å². The zero-order valence-electron chi connectivity index (χ0n) is 15.5. The number of halogens is 1. The molecule has 0 atom stereocenters. The van der Waals surface area contributed by atoms with Gasteiger partial charge in [0.1, 0.15) is 0 Å². The topological polar surface area (TPSA) is 49.4 Å². The van der Waals surface area contributed by atoms with Gasteiger partial charge in [-0.25, -0.2) is 13.1 Å². The summed E-state index contributed by atoms with van der Waals surface area (Å²) < 4.78 is 28.7. The summed E-state index contributed by atoms with van der Waals surface area (Å²) in [5, 5.41) is 3.15. The van der Waals surface area contributed by atoms with E-state index >= 15 is 0 Å². The van der Waals surface area contributed by atoms with Gasteiger partial charge in [-0.2, -0.15) is 0 Å². The summed E-state index contributed by atoms with van der Waals surface area (Å²) in [6, 6.07) is 13.4. The van der Waals surface area contributed by atoms with Crippen molar-refractivity contribution in [2.24, 2.45) is 0 Å². The van der Waals surface area contributed by atoms with Gasteiger partial charge >= 0.3 is 0 Å². The van der Waals surface area contributed by atoms with Crippen molar-refractivity contribution in [3.8, 4) is 0 Å². The predicted molar refractivity (Wildman–Crippen MR) is 118 cm³/mol. The number of nitrogens with zero attached hydrogens (tertiary/aromatic N) is 1. The van der Waals surface area contributed by atoms with E-state index in [1.54, 1.807) is 17.4 Å². The number of rotatable bonds is 5. The minimum atomic E-state index is -3.54. The smallest absolute Gasteiger partial charge is 0.234 e. The monoisotopic (exact) mass is 432 g/mol. The van der Waals surface area contributed by atoms with Crippen LogP contribution >= 0.6 is 22.9 Å². The molecule has 2 heterocycles. The Kier molecular flexibility index (Phi) is 5.58. The first-order chi connectivity index (χ1) is 13.4. The van der Waals surface area contributed by atoms with Crippen LogP contribution < -0.4 is 4.72 Å². The molecule has 0 spiro atoms. The highest BCUT2D eigenvalue weighted by molar-refractivity contribution is 7.92. The lowest BCUT2D eigenvalue weighted by Crippen LogP contribution is -2.22. The van der Waals surface area contributed by atoms with Crippen molar-refractivity contribution >= 4 is 49.1 Å². The molecule has 0 saturated carbocycles. The van der Waals surface area contributed by atoms with E-state index in [0.717, 1.165) is 39.7 Å². The van der Waals surface area contributed by atoms with Gasteiger partial charge in [0, 0.05) is 35.3 Å². The maximum Gasteiger partial charge on any atom is 0.234 e. The van der Waals surface area contributed by atoms with E-state index < -0.39 is 10.0 Å². The van der Waals surface area contributed by atoms with Crippen LogP contribution in [0.1, 0.15) is 21.6 Å². The van der Waals surface area contributed by atoms with Gasteiger partial charge in [0.05, 0.1) is 9.72 Å². The first-order valence-corrected chi connectivity index (χ1v) is 11.8. The molecule has 0 radical (unpaired) electrons. The molecule has 0 bridgehead atoms. The SMILES string of the molecule is CN1CCc2ccc(Cl)c3sc(CNS(=O)(=O)C=Cc4ccccc4)c(c23)C1. The van der Waals surface area contributed by atoms with E-state index in [-0.39, 0.29) is 6.54 Å². The minimum Gasteiger partial charge on any atom is -0.302 e. The number of hydrogen-bond acceptors (Lipinski definition) is 4. The molecule has 0 amide bonds. The van der Waals surface area contributed by atoms with Crippen LogP contribution in [0.25, 0.3) is 16.2 Å². The van der Waals surface area contributed by atoms with E-state index in [4.69, 9.17) is 11.6 Å². The molecule has 146 valence electrons. The van der Waals surface area contributed by atoms with Crippen molar-refractivity contribution in [1.82, 2.24) is 9.62 Å². The lowest BCUT2D eigenvalue weighted by Gasteiger charge is -2.14. The lowest BCUT2D eigenvalue weighted by atomic mass is 10.0. The molecule has 1 aliphatic heterocycles. The van der Waals surface area contributed by atoms with Crippen LogP contribution in [-0.2, 0) is 29.5 Å². The zero-order valence-corrected chi connectivity index (χ0v) is 17.9. The molecule has 1 aromatic heterocycles. The summed E-state index contributed by atoms with van der Waals surface area (Å²) in [6.07, 6.45) is 2.57. The molecule has 0 fully saturated rings. The average molecular weight is 433 g/mol. The maximum absolute atomic E-state index is 12.4. The zero-order chi connectivity index (χ0) is 19.7. The van der Waals surface area contributed by atoms with E-state index in [0.29, 0.717) is 0 Å². The summed E-state index contributed by atoms with van der Waals surface area (Å²) in [4.78, 5) is 3.29. The molecular weight excluding hydrogens is 412 g/mol. The average Bonchev–Trinajstić information content (AvgIpc) is 2.95. The van der Waals surface area contributed by atoms with E-state index in [1.165, 1.54) is 21.9 Å². The Bertz CT molecular complexity index is 1140. The Morgan fingerprint density at radius 1 is 1.21 bits per heavy atom. The largest absolute Gasteiger partial charge is 0.302 e. The summed E-state index contributed by atoms with van der Waals surface area (Å²) in [5.74, 6) is 0. The lowest BCUT2D eigenvalue weighted by molar-refractivity contribution is 0.336. The summed E-state index contributed by atoms with van der Waals surface area (Å²) in [7, 11) is -1.44.